The molecule has 0 bridgehead atoms. The zero-order chi connectivity index (χ0) is 11.2. The van der Waals surface area contributed by atoms with E-state index in [1.54, 1.807) is 0 Å². The van der Waals surface area contributed by atoms with Gasteiger partial charge in [0, 0.05) is 0 Å². The summed E-state index contributed by atoms with van der Waals surface area (Å²) in [5, 5.41) is 1.82. The molecule has 0 radical (unpaired) electrons. The van der Waals surface area contributed by atoms with Crippen molar-refractivity contribution in [3.8, 4) is 0 Å². The molecule has 0 N–H and O–H groups in total. The van der Waals surface area contributed by atoms with Gasteiger partial charge in [0.05, 0.1) is 0 Å². The first-order chi connectivity index (χ1) is 6.76. The van der Waals surface area contributed by atoms with Gasteiger partial charge in [-0.15, -0.1) is 0 Å². The molecule has 90 valence electrons. The molecule has 0 saturated carbocycles. The van der Waals surface area contributed by atoms with Crippen LogP contribution in [0.3, 0.4) is 0 Å². The Morgan fingerprint density at radius 2 is 1.43 bits per heavy atom. The Balaban J connectivity index is 0. The van der Waals surface area contributed by atoms with E-state index < -0.39 is 0 Å². The van der Waals surface area contributed by atoms with Crippen LogP contribution in [0, 0.1) is 13.8 Å². The van der Waals surface area contributed by atoms with Gasteiger partial charge in [-0.2, -0.15) is 12.8 Å². The molecule has 0 atom stereocenters. The topological polar surface area (TPSA) is 3.24 Å². The quantitative estimate of drug-likeness (QED) is 0.504. The van der Waals surface area contributed by atoms with Crippen molar-refractivity contribution in [2.75, 3.05) is 13.1 Å². The van der Waals surface area contributed by atoms with E-state index in [-0.39, 0.29) is 0 Å². The number of hydrogen-bond acceptors (Lipinski definition) is 1. The second kappa shape index (κ2) is 15.8. The molecule has 0 aromatic heterocycles. The van der Waals surface area contributed by atoms with Crippen molar-refractivity contribution < 1.29 is 15.0 Å². The monoisotopic (exact) mass is 241 g/mol. The molecule has 1 aliphatic rings. The molecule has 1 nitrogen and oxygen atoms in total. The third-order valence-electron chi connectivity index (χ3n) is 1.51. The number of likely N-dealkylation sites (tertiary alicyclic amines) is 1. The van der Waals surface area contributed by atoms with Crippen molar-refractivity contribution in [1.29, 1.82) is 0 Å². The van der Waals surface area contributed by atoms with Crippen LogP contribution in [-0.4, -0.2) is 23.1 Å². The van der Waals surface area contributed by atoms with Gasteiger partial charge < -0.3 is 13.8 Å². The summed E-state index contributed by atoms with van der Waals surface area (Å²) in [5.74, 6) is 0. The van der Waals surface area contributed by atoms with Crippen LogP contribution in [0.15, 0.2) is 0 Å². The number of rotatable bonds is 1. The van der Waals surface area contributed by atoms with Crippen LogP contribution in [0.2, 0.25) is 0 Å². The molecule has 1 aliphatic heterocycles. The molecule has 1 fully saturated rings. The van der Waals surface area contributed by atoms with E-state index in [0.717, 1.165) is 12.8 Å². The zero-order valence-corrected chi connectivity index (χ0v) is 10.7. The Morgan fingerprint density at radius 3 is 1.64 bits per heavy atom. The van der Waals surface area contributed by atoms with Crippen molar-refractivity contribution in [2.45, 2.75) is 46.0 Å². The normalized spacial score (nSPS) is 15.9. The van der Waals surface area contributed by atoms with Gasteiger partial charge in [0.15, 0.2) is 0 Å². The molecule has 0 unspecified atom stereocenters. The van der Waals surface area contributed by atoms with Crippen LogP contribution in [0.1, 0.15) is 46.0 Å². The van der Waals surface area contributed by atoms with Gasteiger partial charge in [-0.3, -0.25) is 0 Å². The molecule has 0 aliphatic carbocycles. The minimum absolute atomic E-state index is 1.00. The number of piperidine rings is 1. The molecular formula is C12H25NNi-2. The average Bonchev–Trinajstić information content (AvgIpc) is 2.21. The first kappa shape index (κ1) is 16.7. The minimum atomic E-state index is 1.00. The molecule has 0 spiro atoms. The van der Waals surface area contributed by atoms with Gasteiger partial charge in [-0.05, 0) is 0 Å². The zero-order valence-electron chi connectivity index (χ0n) is 9.70. The molecule has 0 amide bonds. The molecule has 2 heteroatoms. The Morgan fingerprint density at radius 1 is 1.07 bits per heavy atom. The molecule has 0 aromatic carbocycles. The van der Waals surface area contributed by atoms with Crippen LogP contribution < -0.4 is 0 Å². The summed E-state index contributed by atoms with van der Waals surface area (Å²) in [6.45, 7) is 13.4. The van der Waals surface area contributed by atoms with Crippen molar-refractivity contribution in [3.05, 3.63) is 13.8 Å². The molecule has 14 heavy (non-hydrogen) atoms. The van der Waals surface area contributed by atoms with E-state index in [4.69, 9.17) is 0 Å². The summed E-state index contributed by atoms with van der Waals surface area (Å²) in [7, 11) is 0. The molecule has 1 heterocycles. The predicted octanol–water partition coefficient (Wildman–Crippen LogP) is 3.24. The number of hydrogen-bond donors (Lipinski definition) is 0. The van der Waals surface area contributed by atoms with Crippen molar-refractivity contribution in [1.82, 2.24) is 4.90 Å². The van der Waals surface area contributed by atoms with Crippen molar-refractivity contribution >= 4 is 5.12 Å². The van der Waals surface area contributed by atoms with Crippen LogP contribution in [0.5, 0.6) is 0 Å². The van der Waals surface area contributed by atoms with Crippen LogP contribution in [0.4, 0.5) is 0 Å². The van der Waals surface area contributed by atoms with E-state index in [0.29, 0.717) is 0 Å². The second-order valence-corrected chi connectivity index (χ2v) is 3.43. The van der Waals surface area contributed by atoms with E-state index >= 15 is 0 Å². The maximum atomic E-state index is 4.51. The SMILES string of the molecule is [CH2-]CC.[CH2-]CC.[Ni]=[CH]N1CCCCC1. The van der Waals surface area contributed by atoms with Crippen molar-refractivity contribution in [3.63, 3.8) is 0 Å². The molecular weight excluding hydrogens is 217 g/mol. The van der Waals surface area contributed by atoms with E-state index in [9.17, 15) is 0 Å². The summed E-state index contributed by atoms with van der Waals surface area (Å²) >= 11 is 4.51. The summed E-state index contributed by atoms with van der Waals surface area (Å²) in [6.07, 6.45) is 6.06. The first-order valence-electron chi connectivity index (χ1n) is 5.49. The summed E-state index contributed by atoms with van der Waals surface area (Å²) in [6, 6.07) is 0. The Hall–Kier alpha value is 0.324. The Kier molecular flexibility index (Phi) is 18.9. The molecule has 1 saturated heterocycles. The fraction of sp³-hybridized carbons (Fsp3) is 0.750. The van der Waals surface area contributed by atoms with Gasteiger partial charge in [-0.25, -0.2) is 0 Å². The van der Waals surface area contributed by atoms with Crippen LogP contribution >= 0.6 is 0 Å². The van der Waals surface area contributed by atoms with Gasteiger partial charge >= 0.3 is 57.4 Å². The van der Waals surface area contributed by atoms with Gasteiger partial charge in [0.25, 0.3) is 0 Å². The standard InChI is InChI=1S/C6H11N.2C3H7.Ni/c1-7-5-3-2-4-6-7;2*1-3-2;/h1H,2-6H2;2*1,3H2,2H3;/q;2*-1;. The van der Waals surface area contributed by atoms with E-state index in [1.165, 1.54) is 32.4 Å². The molecule has 1 rings (SSSR count). The van der Waals surface area contributed by atoms with E-state index in [2.05, 4.69) is 33.8 Å². The predicted molar refractivity (Wildman–Crippen MR) is 62.8 cm³/mol. The summed E-state index contributed by atoms with van der Waals surface area (Å²) in [4.78, 5) is 2.23. The van der Waals surface area contributed by atoms with Crippen LogP contribution in [-0.2, 0) is 15.0 Å². The summed E-state index contributed by atoms with van der Waals surface area (Å²) < 4.78 is 0. The maximum absolute atomic E-state index is 4.51. The van der Waals surface area contributed by atoms with Gasteiger partial charge in [-0.1, -0.05) is 13.8 Å². The number of nitrogens with zero attached hydrogens (tertiary/aromatic N) is 1. The van der Waals surface area contributed by atoms with Crippen LogP contribution in [0.25, 0.3) is 0 Å². The average molecular weight is 242 g/mol. The fourth-order valence-corrected chi connectivity index (χ4v) is 1.26. The van der Waals surface area contributed by atoms with Gasteiger partial charge in [0.2, 0.25) is 0 Å². The van der Waals surface area contributed by atoms with Gasteiger partial charge in [0.1, 0.15) is 0 Å². The van der Waals surface area contributed by atoms with Crippen molar-refractivity contribution in [2.24, 2.45) is 0 Å². The fourth-order valence-electron chi connectivity index (χ4n) is 1.00. The Bertz CT molecular complexity index is 96.5. The second-order valence-electron chi connectivity index (χ2n) is 3.18. The first-order valence-corrected chi connectivity index (χ1v) is 6.06. The summed E-state index contributed by atoms with van der Waals surface area (Å²) in [5.41, 5.74) is 0. The Labute approximate surface area is 98.2 Å². The third kappa shape index (κ3) is 14.8. The van der Waals surface area contributed by atoms with E-state index in [1.807, 2.05) is 19.0 Å². The third-order valence-corrected chi connectivity index (χ3v) is 1.87. The molecule has 0 aromatic rings.